The number of aryl methyl sites for hydroxylation is 1. The molecule has 4 rings (SSSR count). The molecule has 0 unspecified atom stereocenters. The maximum Gasteiger partial charge on any atom is 0.265 e. The number of amides is 2. The standard InChI is InChI=1S/C23H27N3O4/c27-20(12-4-9-17-7-2-1-3-8-17)25-14-6-11-19(25)23(29)26-15-5-10-18(26)21(28)22-24-13-16-30-22/h1-3,7-8,13,16,18-19H,4-6,9-12,14-15H2/t18-,19-/m0/s1. The lowest BCUT2D eigenvalue weighted by molar-refractivity contribution is -0.144. The Morgan fingerprint density at radius 2 is 1.73 bits per heavy atom. The zero-order valence-corrected chi connectivity index (χ0v) is 17.0. The molecule has 0 radical (unpaired) electrons. The average Bonchev–Trinajstić information content (AvgIpc) is 3.55. The van der Waals surface area contributed by atoms with Crippen molar-refractivity contribution in [1.29, 1.82) is 0 Å². The van der Waals surface area contributed by atoms with Gasteiger partial charge in [0.25, 0.3) is 5.89 Å². The highest BCUT2D eigenvalue weighted by atomic mass is 16.3. The molecule has 3 heterocycles. The van der Waals surface area contributed by atoms with E-state index in [2.05, 4.69) is 17.1 Å². The minimum absolute atomic E-state index is 0.0246. The number of aromatic nitrogens is 1. The van der Waals surface area contributed by atoms with Gasteiger partial charge in [-0.3, -0.25) is 14.4 Å². The van der Waals surface area contributed by atoms with Gasteiger partial charge < -0.3 is 14.2 Å². The molecule has 30 heavy (non-hydrogen) atoms. The maximum atomic E-state index is 13.3. The Bertz CT molecular complexity index is 881. The van der Waals surface area contributed by atoms with E-state index in [1.54, 1.807) is 9.80 Å². The van der Waals surface area contributed by atoms with Crippen molar-refractivity contribution in [3.8, 4) is 0 Å². The average molecular weight is 409 g/mol. The molecule has 1 aromatic carbocycles. The third-order valence-electron chi connectivity index (χ3n) is 6.04. The van der Waals surface area contributed by atoms with Crippen LogP contribution >= 0.6 is 0 Å². The predicted molar refractivity (Wildman–Crippen MR) is 110 cm³/mol. The van der Waals surface area contributed by atoms with E-state index in [1.807, 2.05) is 18.2 Å². The van der Waals surface area contributed by atoms with Gasteiger partial charge >= 0.3 is 0 Å². The molecule has 158 valence electrons. The molecule has 0 saturated carbocycles. The Hall–Kier alpha value is -2.96. The van der Waals surface area contributed by atoms with Crippen molar-refractivity contribution in [3.63, 3.8) is 0 Å². The van der Waals surface area contributed by atoms with E-state index in [9.17, 15) is 14.4 Å². The lowest BCUT2D eigenvalue weighted by Crippen LogP contribution is -2.51. The minimum Gasteiger partial charge on any atom is -0.442 e. The molecule has 0 spiro atoms. The van der Waals surface area contributed by atoms with E-state index >= 15 is 0 Å². The SMILES string of the molecule is O=C(c1ncco1)[C@@H]1CCCN1C(=O)[C@@H]1CCCN1C(=O)CCCc1ccccc1. The Labute approximate surface area is 176 Å². The van der Waals surface area contributed by atoms with E-state index < -0.39 is 12.1 Å². The molecular formula is C23H27N3O4. The second-order valence-electron chi connectivity index (χ2n) is 7.98. The minimum atomic E-state index is -0.549. The highest BCUT2D eigenvalue weighted by Crippen LogP contribution is 2.27. The van der Waals surface area contributed by atoms with E-state index in [-0.39, 0.29) is 23.5 Å². The lowest BCUT2D eigenvalue weighted by Gasteiger charge is -2.30. The molecule has 2 atom stereocenters. The predicted octanol–water partition coefficient (Wildman–Crippen LogP) is 2.86. The van der Waals surface area contributed by atoms with Gasteiger partial charge in [-0.25, -0.2) is 4.98 Å². The van der Waals surface area contributed by atoms with Gasteiger partial charge in [0.2, 0.25) is 17.6 Å². The van der Waals surface area contributed by atoms with Crippen molar-refractivity contribution >= 4 is 17.6 Å². The molecule has 2 saturated heterocycles. The summed E-state index contributed by atoms with van der Waals surface area (Å²) in [5.41, 5.74) is 1.21. The fraction of sp³-hybridized carbons (Fsp3) is 0.478. The molecule has 2 amide bonds. The molecule has 0 N–H and O–H groups in total. The number of likely N-dealkylation sites (tertiary alicyclic amines) is 2. The Morgan fingerprint density at radius 3 is 2.47 bits per heavy atom. The van der Waals surface area contributed by atoms with Gasteiger partial charge in [0.05, 0.1) is 6.20 Å². The van der Waals surface area contributed by atoms with Gasteiger partial charge in [-0.15, -0.1) is 0 Å². The van der Waals surface area contributed by atoms with Gasteiger partial charge in [-0.2, -0.15) is 0 Å². The summed E-state index contributed by atoms with van der Waals surface area (Å²) >= 11 is 0. The molecular weight excluding hydrogens is 382 g/mol. The number of carbonyl (C=O) groups excluding carboxylic acids is 3. The monoisotopic (exact) mass is 409 g/mol. The number of hydrogen-bond acceptors (Lipinski definition) is 5. The van der Waals surface area contributed by atoms with Crippen molar-refractivity contribution < 1.29 is 18.8 Å². The molecule has 2 aliphatic rings. The number of hydrogen-bond donors (Lipinski definition) is 0. The number of oxazole rings is 1. The quantitative estimate of drug-likeness (QED) is 0.657. The van der Waals surface area contributed by atoms with Crippen LogP contribution in [-0.4, -0.2) is 57.6 Å². The van der Waals surface area contributed by atoms with Crippen molar-refractivity contribution in [3.05, 3.63) is 54.2 Å². The summed E-state index contributed by atoms with van der Waals surface area (Å²) in [6.07, 6.45) is 7.66. The largest absolute Gasteiger partial charge is 0.442 e. The fourth-order valence-corrected chi connectivity index (χ4v) is 4.54. The van der Waals surface area contributed by atoms with Crippen LogP contribution in [0.5, 0.6) is 0 Å². The maximum absolute atomic E-state index is 13.3. The first-order valence-corrected chi connectivity index (χ1v) is 10.7. The molecule has 2 aromatic rings. The second kappa shape index (κ2) is 9.24. The summed E-state index contributed by atoms with van der Waals surface area (Å²) in [7, 11) is 0. The highest BCUT2D eigenvalue weighted by Gasteiger charge is 2.42. The first kappa shape index (κ1) is 20.3. The van der Waals surface area contributed by atoms with Gasteiger partial charge in [0, 0.05) is 19.5 Å². The van der Waals surface area contributed by atoms with Crippen molar-refractivity contribution in [2.24, 2.45) is 0 Å². The van der Waals surface area contributed by atoms with Gasteiger partial charge in [-0.05, 0) is 44.1 Å². The number of benzene rings is 1. The summed E-state index contributed by atoms with van der Waals surface area (Å²) < 4.78 is 5.14. The number of nitrogens with zero attached hydrogens (tertiary/aromatic N) is 3. The number of ketones is 1. The smallest absolute Gasteiger partial charge is 0.265 e. The second-order valence-corrected chi connectivity index (χ2v) is 7.98. The van der Waals surface area contributed by atoms with Crippen LogP contribution in [0, 0.1) is 0 Å². The van der Waals surface area contributed by atoms with Crippen LogP contribution in [0.3, 0.4) is 0 Å². The Balaban J connectivity index is 1.36. The summed E-state index contributed by atoms with van der Waals surface area (Å²) in [5.74, 6) is -0.313. The zero-order valence-electron chi connectivity index (χ0n) is 17.0. The lowest BCUT2D eigenvalue weighted by atomic mass is 10.1. The molecule has 7 nitrogen and oxygen atoms in total. The van der Waals surface area contributed by atoms with Crippen LogP contribution < -0.4 is 0 Å². The molecule has 1 aromatic heterocycles. The van der Waals surface area contributed by atoms with Crippen molar-refractivity contribution in [2.75, 3.05) is 13.1 Å². The number of carbonyl (C=O) groups is 3. The van der Waals surface area contributed by atoms with Crippen LogP contribution in [0.1, 0.15) is 54.8 Å². The van der Waals surface area contributed by atoms with Crippen LogP contribution in [0.4, 0.5) is 0 Å². The number of rotatable bonds is 7. The van der Waals surface area contributed by atoms with E-state index in [4.69, 9.17) is 4.42 Å². The summed E-state index contributed by atoms with van der Waals surface area (Å²) in [4.78, 5) is 46.1. The van der Waals surface area contributed by atoms with Crippen LogP contribution in [0.2, 0.25) is 0 Å². The van der Waals surface area contributed by atoms with Crippen LogP contribution in [0.15, 0.2) is 47.2 Å². The molecule has 0 bridgehead atoms. The summed E-state index contributed by atoms with van der Waals surface area (Å²) in [6.45, 7) is 1.13. The highest BCUT2D eigenvalue weighted by molar-refractivity contribution is 6.00. The normalized spacial score (nSPS) is 21.2. The van der Waals surface area contributed by atoms with E-state index in [0.717, 1.165) is 25.7 Å². The molecule has 0 aliphatic carbocycles. The number of Topliss-reactive ketones (excluding diaryl/α,β-unsaturated/α-hetero) is 1. The van der Waals surface area contributed by atoms with E-state index in [1.165, 1.54) is 18.0 Å². The van der Waals surface area contributed by atoms with Crippen LogP contribution in [0.25, 0.3) is 0 Å². The third-order valence-corrected chi connectivity index (χ3v) is 6.04. The van der Waals surface area contributed by atoms with Crippen molar-refractivity contribution in [2.45, 2.75) is 57.0 Å². The third kappa shape index (κ3) is 4.30. The molecule has 7 heteroatoms. The Morgan fingerprint density at radius 1 is 1.00 bits per heavy atom. The zero-order chi connectivity index (χ0) is 20.9. The van der Waals surface area contributed by atoms with Gasteiger partial charge in [0.1, 0.15) is 18.3 Å². The first-order chi connectivity index (χ1) is 14.6. The first-order valence-electron chi connectivity index (χ1n) is 10.7. The molecule has 2 fully saturated rings. The summed E-state index contributed by atoms with van der Waals surface area (Å²) in [6, 6.07) is 9.08. The van der Waals surface area contributed by atoms with E-state index in [0.29, 0.717) is 32.4 Å². The summed E-state index contributed by atoms with van der Waals surface area (Å²) in [5, 5.41) is 0. The van der Waals surface area contributed by atoms with Gasteiger partial charge in [0.15, 0.2) is 0 Å². The fourth-order valence-electron chi connectivity index (χ4n) is 4.54. The van der Waals surface area contributed by atoms with Crippen LogP contribution in [-0.2, 0) is 16.0 Å². The topological polar surface area (TPSA) is 83.7 Å². The Kier molecular flexibility index (Phi) is 6.26. The van der Waals surface area contributed by atoms with Crippen molar-refractivity contribution in [1.82, 2.24) is 14.8 Å². The molecule has 2 aliphatic heterocycles. The van der Waals surface area contributed by atoms with Gasteiger partial charge in [-0.1, -0.05) is 30.3 Å².